The van der Waals surface area contributed by atoms with Gasteiger partial charge in [0.05, 0.1) is 12.6 Å². The summed E-state index contributed by atoms with van der Waals surface area (Å²) in [5.74, 6) is -2.01. The van der Waals surface area contributed by atoms with E-state index in [-0.39, 0.29) is 25.3 Å². The summed E-state index contributed by atoms with van der Waals surface area (Å²) in [7, 11) is 1.59. The molecule has 0 aliphatic rings. The highest BCUT2D eigenvalue weighted by Gasteiger charge is 2.09. The van der Waals surface area contributed by atoms with Crippen LogP contribution in [0.25, 0.3) is 0 Å². The molecule has 1 amide bonds. The number of hydrogen-bond acceptors (Lipinski definition) is 5. The Balaban J connectivity index is -0.000000167. The fourth-order valence-electron chi connectivity index (χ4n) is 1.06. The topological polar surface area (TPSA) is 133 Å². The van der Waals surface area contributed by atoms with Crippen LogP contribution in [-0.4, -0.2) is 54.0 Å². The Kier molecular flexibility index (Phi) is 32.4. The lowest BCUT2D eigenvalue weighted by Crippen LogP contribution is -2.35. The summed E-state index contributed by atoms with van der Waals surface area (Å²) in [6, 6.07) is -0.452. The molecule has 1 unspecified atom stereocenters. The predicted molar refractivity (Wildman–Crippen MR) is 94.0 cm³/mol. The fraction of sp³-hybridized carbons (Fsp3) is 0.750. The molecule has 0 aromatic rings. The highest BCUT2D eigenvalue weighted by molar-refractivity contribution is 5.80. The molecular formula is C16H34N2O6. The van der Waals surface area contributed by atoms with Gasteiger partial charge in [-0.25, -0.2) is 0 Å². The first-order valence-corrected chi connectivity index (χ1v) is 8.20. The monoisotopic (exact) mass is 350 g/mol. The highest BCUT2D eigenvalue weighted by Crippen LogP contribution is 1.96. The molecule has 0 aliphatic carbocycles. The molecule has 0 fully saturated rings. The molecule has 144 valence electrons. The van der Waals surface area contributed by atoms with E-state index in [1.807, 2.05) is 27.7 Å². The van der Waals surface area contributed by atoms with Crippen LogP contribution in [0.3, 0.4) is 0 Å². The number of rotatable bonds is 9. The molecular weight excluding hydrogens is 316 g/mol. The van der Waals surface area contributed by atoms with Crippen LogP contribution >= 0.6 is 0 Å². The number of aldehydes is 1. The number of carboxylic acid groups (broad SMARTS) is 2. The van der Waals surface area contributed by atoms with Gasteiger partial charge in [-0.3, -0.25) is 14.4 Å². The molecule has 0 radical (unpaired) electrons. The van der Waals surface area contributed by atoms with Crippen molar-refractivity contribution in [3.63, 3.8) is 0 Å². The molecule has 1 atom stereocenters. The SMILES string of the molecule is CC.CC.CCC(C=O)NC(=O)CCCC(=O)O.CNCC(=O)O. The van der Waals surface area contributed by atoms with Gasteiger partial charge in [0, 0.05) is 12.8 Å². The lowest BCUT2D eigenvalue weighted by Gasteiger charge is -2.09. The normalized spacial score (nSPS) is 9.42. The molecule has 0 spiro atoms. The summed E-state index contributed by atoms with van der Waals surface area (Å²) in [6.07, 6.45) is 1.65. The second-order valence-electron chi connectivity index (χ2n) is 3.89. The molecule has 8 heteroatoms. The van der Waals surface area contributed by atoms with Crippen LogP contribution in [0.5, 0.6) is 0 Å². The summed E-state index contributed by atoms with van der Waals surface area (Å²) in [4.78, 5) is 41.1. The lowest BCUT2D eigenvalue weighted by atomic mass is 10.2. The van der Waals surface area contributed by atoms with Crippen LogP contribution in [0, 0.1) is 0 Å². The van der Waals surface area contributed by atoms with Crippen molar-refractivity contribution < 1.29 is 29.4 Å². The van der Waals surface area contributed by atoms with Gasteiger partial charge in [-0.1, -0.05) is 34.6 Å². The maximum Gasteiger partial charge on any atom is 0.317 e. The van der Waals surface area contributed by atoms with Crippen LogP contribution in [0.4, 0.5) is 0 Å². The van der Waals surface area contributed by atoms with Crippen molar-refractivity contribution in [2.75, 3.05) is 13.6 Å². The van der Waals surface area contributed by atoms with Gasteiger partial charge in [0.1, 0.15) is 6.29 Å². The van der Waals surface area contributed by atoms with E-state index in [0.717, 1.165) is 0 Å². The minimum absolute atomic E-state index is 0.0225. The van der Waals surface area contributed by atoms with E-state index >= 15 is 0 Å². The first-order chi connectivity index (χ1) is 11.4. The molecule has 0 aromatic carbocycles. The van der Waals surface area contributed by atoms with Gasteiger partial charge in [-0.15, -0.1) is 0 Å². The van der Waals surface area contributed by atoms with Crippen LogP contribution in [0.15, 0.2) is 0 Å². The first-order valence-electron chi connectivity index (χ1n) is 8.20. The van der Waals surface area contributed by atoms with E-state index in [9.17, 15) is 19.2 Å². The number of nitrogens with one attached hydrogen (secondary N) is 2. The Hall–Kier alpha value is -1.96. The van der Waals surface area contributed by atoms with Crippen molar-refractivity contribution in [1.29, 1.82) is 0 Å². The zero-order valence-corrected chi connectivity index (χ0v) is 15.7. The summed E-state index contributed by atoms with van der Waals surface area (Å²) in [5.41, 5.74) is 0. The Morgan fingerprint density at radius 3 is 1.75 bits per heavy atom. The van der Waals surface area contributed by atoms with E-state index in [1.54, 1.807) is 14.0 Å². The van der Waals surface area contributed by atoms with Crippen molar-refractivity contribution >= 4 is 24.1 Å². The maximum absolute atomic E-state index is 11.1. The number of amides is 1. The Morgan fingerprint density at radius 2 is 1.50 bits per heavy atom. The Labute approximate surface area is 145 Å². The number of carbonyl (C=O) groups excluding carboxylic acids is 2. The average Bonchev–Trinajstić information content (AvgIpc) is 2.56. The number of aliphatic carboxylic acids is 2. The molecule has 0 heterocycles. The highest BCUT2D eigenvalue weighted by atomic mass is 16.4. The molecule has 0 rings (SSSR count). The summed E-state index contributed by atoms with van der Waals surface area (Å²) in [5, 5.41) is 21.1. The van der Waals surface area contributed by atoms with Crippen molar-refractivity contribution in [2.24, 2.45) is 0 Å². The van der Waals surface area contributed by atoms with Gasteiger partial charge in [0.25, 0.3) is 0 Å². The number of hydrogen-bond donors (Lipinski definition) is 4. The smallest absolute Gasteiger partial charge is 0.317 e. The molecule has 8 nitrogen and oxygen atoms in total. The third-order valence-corrected chi connectivity index (χ3v) is 2.07. The van der Waals surface area contributed by atoms with E-state index < -0.39 is 18.0 Å². The van der Waals surface area contributed by atoms with Gasteiger partial charge >= 0.3 is 11.9 Å². The first kappa shape index (κ1) is 30.0. The van der Waals surface area contributed by atoms with E-state index in [4.69, 9.17) is 10.2 Å². The average molecular weight is 350 g/mol. The molecule has 0 bridgehead atoms. The molecule has 0 saturated heterocycles. The molecule has 0 aromatic heterocycles. The fourth-order valence-corrected chi connectivity index (χ4v) is 1.06. The maximum atomic E-state index is 11.1. The lowest BCUT2D eigenvalue weighted by molar-refractivity contribution is -0.137. The summed E-state index contributed by atoms with van der Waals surface area (Å²) < 4.78 is 0. The van der Waals surface area contributed by atoms with Gasteiger partial charge in [-0.05, 0) is 19.9 Å². The van der Waals surface area contributed by atoms with Gasteiger partial charge in [0.15, 0.2) is 0 Å². The van der Waals surface area contributed by atoms with E-state index in [2.05, 4.69) is 10.6 Å². The minimum atomic E-state index is -0.916. The van der Waals surface area contributed by atoms with Crippen molar-refractivity contribution in [3.05, 3.63) is 0 Å². The predicted octanol–water partition coefficient (Wildman–Crippen LogP) is 1.68. The second kappa shape index (κ2) is 26.0. The molecule has 4 N–H and O–H groups in total. The number of likely N-dealkylation sites (N-methyl/N-ethyl adjacent to an activating group) is 1. The summed E-state index contributed by atoms with van der Waals surface area (Å²) >= 11 is 0. The van der Waals surface area contributed by atoms with Crippen molar-refractivity contribution in [1.82, 2.24) is 10.6 Å². The van der Waals surface area contributed by atoms with Crippen LogP contribution in [0.1, 0.15) is 60.3 Å². The largest absolute Gasteiger partial charge is 0.481 e. The number of carboxylic acids is 2. The zero-order valence-electron chi connectivity index (χ0n) is 15.7. The van der Waals surface area contributed by atoms with Gasteiger partial charge in [-0.2, -0.15) is 0 Å². The third kappa shape index (κ3) is 32.1. The van der Waals surface area contributed by atoms with Crippen molar-refractivity contribution in [2.45, 2.75) is 66.3 Å². The summed E-state index contributed by atoms with van der Waals surface area (Å²) in [6.45, 7) is 9.83. The van der Waals surface area contributed by atoms with E-state index in [0.29, 0.717) is 19.1 Å². The van der Waals surface area contributed by atoms with Crippen LogP contribution < -0.4 is 10.6 Å². The zero-order chi connectivity index (χ0) is 20.0. The van der Waals surface area contributed by atoms with Crippen molar-refractivity contribution in [3.8, 4) is 0 Å². The third-order valence-electron chi connectivity index (χ3n) is 2.07. The standard InChI is InChI=1S/C9H15NO4.C3H7NO2.2C2H6/c1-2-7(6-11)10-8(12)4-3-5-9(13)14;1-4-2-3(5)6;2*1-2/h6-7H,2-5H2,1H3,(H,10,12)(H,13,14);4H,2H2,1H3,(H,5,6);2*1-2H3. The Morgan fingerprint density at radius 1 is 1.00 bits per heavy atom. The molecule has 24 heavy (non-hydrogen) atoms. The molecule has 0 aliphatic heterocycles. The number of carbonyl (C=O) groups is 4. The van der Waals surface area contributed by atoms with E-state index in [1.165, 1.54) is 0 Å². The van der Waals surface area contributed by atoms with Crippen LogP contribution in [0.2, 0.25) is 0 Å². The quantitative estimate of drug-likeness (QED) is 0.465. The second-order valence-corrected chi connectivity index (χ2v) is 3.89. The van der Waals surface area contributed by atoms with Gasteiger partial charge < -0.3 is 25.6 Å². The molecule has 0 saturated carbocycles. The minimum Gasteiger partial charge on any atom is -0.481 e. The Bertz CT molecular complexity index is 322. The van der Waals surface area contributed by atoms with Gasteiger partial charge in [0.2, 0.25) is 5.91 Å². The van der Waals surface area contributed by atoms with Crippen LogP contribution in [-0.2, 0) is 19.2 Å².